The fraction of sp³-hybridized carbons (Fsp3) is 0.818. The molecule has 0 saturated carbocycles. The lowest BCUT2D eigenvalue weighted by Crippen LogP contribution is -2.39. The molecule has 0 aliphatic carbocycles. The summed E-state index contributed by atoms with van der Waals surface area (Å²) in [5.41, 5.74) is -0.445. The number of nitrogens with zero attached hydrogens (tertiary/aromatic N) is 2. The fourth-order valence-corrected chi connectivity index (χ4v) is 1.74. The van der Waals surface area contributed by atoms with Crippen LogP contribution in [0.2, 0.25) is 0 Å². The van der Waals surface area contributed by atoms with E-state index in [1.165, 1.54) is 0 Å². The molecule has 1 rings (SSSR count). The van der Waals surface area contributed by atoms with Gasteiger partial charge < -0.3 is 9.64 Å². The summed E-state index contributed by atoms with van der Waals surface area (Å²) in [6.45, 7) is 4.46. The van der Waals surface area contributed by atoms with Gasteiger partial charge in [-0.25, -0.2) is 0 Å². The smallest absolute Gasteiger partial charge is 0.226 e. The number of amides is 1. The van der Waals surface area contributed by atoms with Crippen molar-refractivity contribution >= 4 is 5.91 Å². The summed E-state index contributed by atoms with van der Waals surface area (Å²) in [4.78, 5) is 13.6. The molecule has 0 aromatic carbocycles. The quantitative estimate of drug-likeness (QED) is 0.705. The van der Waals surface area contributed by atoms with Gasteiger partial charge >= 0.3 is 0 Å². The Hall–Kier alpha value is -1.08. The van der Waals surface area contributed by atoms with Crippen LogP contribution in [0.25, 0.3) is 0 Å². The van der Waals surface area contributed by atoms with Crippen LogP contribution >= 0.6 is 0 Å². The van der Waals surface area contributed by atoms with E-state index in [-0.39, 0.29) is 11.9 Å². The summed E-state index contributed by atoms with van der Waals surface area (Å²) in [6.07, 6.45) is 2.06. The third-order valence-corrected chi connectivity index (χ3v) is 2.85. The van der Waals surface area contributed by atoms with Gasteiger partial charge in [-0.1, -0.05) is 0 Å². The van der Waals surface area contributed by atoms with Crippen molar-refractivity contribution in [1.29, 1.82) is 5.26 Å². The van der Waals surface area contributed by atoms with Crippen molar-refractivity contribution in [3.63, 3.8) is 0 Å². The molecule has 1 saturated heterocycles. The Bertz CT molecular complexity index is 281. The zero-order valence-electron chi connectivity index (χ0n) is 9.62. The Balaban J connectivity index is 2.58. The SMILES string of the molecule is COC(C)(C)CC(=O)N1CCCC1C#N. The number of carbonyl (C=O) groups is 1. The molecule has 1 aliphatic heterocycles. The van der Waals surface area contributed by atoms with Crippen LogP contribution in [0.3, 0.4) is 0 Å². The van der Waals surface area contributed by atoms with Crippen molar-refractivity contribution < 1.29 is 9.53 Å². The summed E-state index contributed by atoms with van der Waals surface area (Å²) in [5.74, 6) is 0.0194. The number of carbonyl (C=O) groups excluding carboxylic acids is 1. The summed E-state index contributed by atoms with van der Waals surface area (Å²) >= 11 is 0. The van der Waals surface area contributed by atoms with Gasteiger partial charge in [-0.05, 0) is 26.7 Å². The van der Waals surface area contributed by atoms with Crippen molar-refractivity contribution in [2.75, 3.05) is 13.7 Å². The Morgan fingerprint density at radius 3 is 2.87 bits per heavy atom. The maximum Gasteiger partial charge on any atom is 0.226 e. The first-order valence-corrected chi connectivity index (χ1v) is 5.24. The molecule has 1 unspecified atom stereocenters. The predicted molar refractivity (Wildman–Crippen MR) is 56.1 cm³/mol. The van der Waals surface area contributed by atoms with Gasteiger partial charge in [0.2, 0.25) is 5.91 Å². The van der Waals surface area contributed by atoms with Gasteiger partial charge in [0.1, 0.15) is 6.04 Å². The van der Waals surface area contributed by atoms with Crippen LogP contribution in [0, 0.1) is 11.3 Å². The lowest BCUT2D eigenvalue weighted by molar-refractivity contribution is -0.136. The van der Waals surface area contributed by atoms with Crippen LogP contribution in [0.15, 0.2) is 0 Å². The molecule has 4 heteroatoms. The van der Waals surface area contributed by atoms with E-state index in [4.69, 9.17) is 10.00 Å². The number of rotatable bonds is 3. The second kappa shape index (κ2) is 4.63. The van der Waals surface area contributed by atoms with E-state index in [1.807, 2.05) is 13.8 Å². The summed E-state index contributed by atoms with van der Waals surface area (Å²) in [7, 11) is 1.60. The van der Waals surface area contributed by atoms with Crippen molar-refractivity contribution in [3.8, 4) is 6.07 Å². The Kier molecular flexibility index (Phi) is 3.70. The highest BCUT2D eigenvalue weighted by Gasteiger charge is 2.32. The van der Waals surface area contributed by atoms with E-state index >= 15 is 0 Å². The average Bonchev–Trinajstić information content (AvgIpc) is 2.64. The van der Waals surface area contributed by atoms with Gasteiger partial charge in [0.15, 0.2) is 0 Å². The van der Waals surface area contributed by atoms with Crippen LogP contribution in [-0.4, -0.2) is 36.1 Å². The number of methoxy groups -OCH3 is 1. The number of ether oxygens (including phenoxy) is 1. The third-order valence-electron chi connectivity index (χ3n) is 2.85. The van der Waals surface area contributed by atoms with Gasteiger partial charge in [0.25, 0.3) is 0 Å². The molecule has 0 aromatic rings. The van der Waals surface area contributed by atoms with E-state index in [1.54, 1.807) is 12.0 Å². The number of likely N-dealkylation sites (tertiary alicyclic amines) is 1. The van der Waals surface area contributed by atoms with Crippen molar-refractivity contribution in [2.45, 2.75) is 44.8 Å². The Labute approximate surface area is 90.8 Å². The molecule has 84 valence electrons. The number of hydrogen-bond acceptors (Lipinski definition) is 3. The highest BCUT2D eigenvalue weighted by atomic mass is 16.5. The zero-order valence-corrected chi connectivity index (χ0v) is 9.62. The van der Waals surface area contributed by atoms with E-state index in [9.17, 15) is 4.79 Å². The lowest BCUT2D eigenvalue weighted by atomic mass is 10.0. The normalized spacial score (nSPS) is 21.5. The van der Waals surface area contributed by atoms with Crippen molar-refractivity contribution in [1.82, 2.24) is 4.90 Å². The lowest BCUT2D eigenvalue weighted by Gasteiger charge is -2.26. The maximum absolute atomic E-state index is 11.9. The van der Waals surface area contributed by atoms with Gasteiger partial charge in [-0.15, -0.1) is 0 Å². The minimum absolute atomic E-state index is 0.0194. The standard InChI is InChI=1S/C11H18N2O2/c1-11(2,15-3)7-10(14)13-6-4-5-9(13)8-12/h9H,4-7H2,1-3H3. The second-order valence-corrected chi connectivity index (χ2v) is 4.51. The Morgan fingerprint density at radius 1 is 1.67 bits per heavy atom. The van der Waals surface area contributed by atoms with Crippen LogP contribution in [-0.2, 0) is 9.53 Å². The summed E-state index contributed by atoms with van der Waals surface area (Å²) in [5, 5.41) is 8.87. The zero-order chi connectivity index (χ0) is 11.5. The summed E-state index contributed by atoms with van der Waals surface area (Å²) < 4.78 is 5.21. The van der Waals surface area contributed by atoms with Gasteiger partial charge in [-0.3, -0.25) is 4.79 Å². The molecule has 0 aromatic heterocycles. The molecule has 0 N–H and O–H groups in total. The van der Waals surface area contributed by atoms with Gasteiger partial charge in [-0.2, -0.15) is 5.26 Å². The highest BCUT2D eigenvalue weighted by molar-refractivity contribution is 5.78. The first-order chi connectivity index (χ1) is 7.00. The molecule has 1 atom stereocenters. The first-order valence-electron chi connectivity index (χ1n) is 5.24. The topological polar surface area (TPSA) is 53.3 Å². The van der Waals surface area contributed by atoms with E-state index in [0.717, 1.165) is 12.8 Å². The number of nitriles is 1. The molecular weight excluding hydrogens is 192 g/mol. The molecule has 0 radical (unpaired) electrons. The van der Waals surface area contributed by atoms with Crippen LogP contribution < -0.4 is 0 Å². The molecule has 1 fully saturated rings. The van der Waals surface area contributed by atoms with Gasteiger partial charge in [0, 0.05) is 13.7 Å². The fourth-order valence-electron chi connectivity index (χ4n) is 1.74. The van der Waals surface area contributed by atoms with E-state index in [2.05, 4.69) is 6.07 Å². The molecule has 1 heterocycles. The molecule has 4 nitrogen and oxygen atoms in total. The Morgan fingerprint density at radius 2 is 2.33 bits per heavy atom. The van der Waals surface area contributed by atoms with Crippen molar-refractivity contribution in [3.05, 3.63) is 0 Å². The molecule has 1 amide bonds. The third kappa shape index (κ3) is 2.93. The van der Waals surface area contributed by atoms with Crippen LogP contribution in [0.4, 0.5) is 0 Å². The minimum Gasteiger partial charge on any atom is -0.378 e. The predicted octanol–water partition coefficient (Wildman–Crippen LogP) is 1.32. The number of hydrogen-bond donors (Lipinski definition) is 0. The largest absolute Gasteiger partial charge is 0.378 e. The molecule has 0 spiro atoms. The first kappa shape index (κ1) is 12.0. The molecule has 15 heavy (non-hydrogen) atoms. The van der Waals surface area contributed by atoms with E-state index < -0.39 is 5.60 Å². The summed E-state index contributed by atoms with van der Waals surface area (Å²) in [6, 6.07) is 1.93. The molecular formula is C11H18N2O2. The monoisotopic (exact) mass is 210 g/mol. The maximum atomic E-state index is 11.9. The van der Waals surface area contributed by atoms with Gasteiger partial charge in [0.05, 0.1) is 18.1 Å². The van der Waals surface area contributed by atoms with Crippen molar-refractivity contribution in [2.24, 2.45) is 0 Å². The highest BCUT2D eigenvalue weighted by Crippen LogP contribution is 2.21. The van der Waals surface area contributed by atoms with E-state index in [0.29, 0.717) is 13.0 Å². The van der Waals surface area contributed by atoms with Crippen LogP contribution in [0.1, 0.15) is 33.1 Å². The molecule has 0 bridgehead atoms. The second-order valence-electron chi connectivity index (χ2n) is 4.51. The van der Waals surface area contributed by atoms with Crippen LogP contribution in [0.5, 0.6) is 0 Å². The average molecular weight is 210 g/mol. The molecule has 1 aliphatic rings. The minimum atomic E-state index is -0.445.